The second kappa shape index (κ2) is 10.3. The third kappa shape index (κ3) is 4.63. The Morgan fingerprint density at radius 1 is 0.956 bits per heavy atom. The van der Waals surface area contributed by atoms with E-state index < -0.39 is 74.4 Å². The Morgan fingerprint density at radius 2 is 1.58 bits per heavy atom. The largest absolute Gasteiger partial charge is 0.500 e. The summed E-state index contributed by atoms with van der Waals surface area (Å²) in [4.78, 5) is 39.9. The third-order valence-corrected chi connectivity index (χ3v) is 8.87. The van der Waals surface area contributed by atoms with Gasteiger partial charge in [-0.2, -0.15) is 0 Å². The molecule has 0 radical (unpaired) electrons. The van der Waals surface area contributed by atoms with E-state index in [9.17, 15) is 50.1 Å². The number of aliphatic hydroxyl groups is 7. The molecule has 0 aliphatic carbocycles. The first-order valence-corrected chi connectivity index (χ1v) is 13.9. The van der Waals surface area contributed by atoms with Crippen LogP contribution in [-0.4, -0.2) is 138 Å². The van der Waals surface area contributed by atoms with Crippen molar-refractivity contribution in [1.82, 2.24) is 15.1 Å². The van der Waals surface area contributed by atoms with Crippen molar-refractivity contribution < 1.29 is 64.0 Å². The molecule has 3 heterocycles. The van der Waals surface area contributed by atoms with Crippen LogP contribution in [0, 0.1) is 5.82 Å². The van der Waals surface area contributed by atoms with E-state index in [0.29, 0.717) is 7.85 Å². The lowest BCUT2D eigenvalue weighted by Gasteiger charge is -2.55. The van der Waals surface area contributed by atoms with Gasteiger partial charge in [0.2, 0.25) is 5.72 Å². The van der Waals surface area contributed by atoms with E-state index in [4.69, 9.17) is 9.47 Å². The van der Waals surface area contributed by atoms with E-state index in [1.54, 1.807) is 5.32 Å². The Balaban J connectivity index is 1.52. The summed E-state index contributed by atoms with van der Waals surface area (Å²) in [5, 5.41) is 77.5. The normalized spacial score (nSPS) is 29.0. The zero-order chi connectivity index (χ0) is 33.5. The molecule has 3 atom stereocenters. The van der Waals surface area contributed by atoms with E-state index in [1.165, 1.54) is 44.9 Å². The number of nitrogens with one attached hydrogen (secondary N) is 1. The molecular weight excluding hydrogens is 597 g/mol. The van der Waals surface area contributed by atoms with Crippen molar-refractivity contribution in [2.45, 2.75) is 33.9 Å². The number of fused-ring (bicyclic) bond motifs is 1. The standard InChI is InChI=1S/C25H30B4FN3O12/c26-20(37)18(35)31-19(36)21(38,25(20,29)43)33-17(34)12-2-1-3-15(16(12)24(33,41)42)45-22(27,28)13-5-4-11(10-14(13)30)23(39,40)32-6-8-44-9-7-32/h1-5,10,37-43H,6-9,26-29H2,(H,31,35,36). The molecule has 0 aromatic heterocycles. The molecule has 0 saturated carbocycles. The van der Waals surface area contributed by atoms with Crippen LogP contribution in [0.4, 0.5) is 4.39 Å². The number of carbonyl (C=O) groups excluding carboxylic acids is 3. The van der Waals surface area contributed by atoms with Gasteiger partial charge in [-0.25, -0.2) is 14.2 Å². The molecule has 15 nitrogen and oxygen atoms in total. The van der Waals surface area contributed by atoms with Crippen LogP contribution in [-0.2, 0) is 31.5 Å². The van der Waals surface area contributed by atoms with Gasteiger partial charge in [-0.05, 0) is 18.2 Å². The number of rotatable bonds is 6. The summed E-state index contributed by atoms with van der Waals surface area (Å²) < 4.78 is 26.8. The second-order valence-electron chi connectivity index (χ2n) is 12.1. The number of ether oxygens (including phenoxy) is 2. The van der Waals surface area contributed by atoms with Crippen LogP contribution in [0.5, 0.6) is 5.75 Å². The van der Waals surface area contributed by atoms with Crippen LogP contribution in [0.2, 0.25) is 0 Å². The zero-order valence-electron chi connectivity index (χ0n) is 24.7. The van der Waals surface area contributed by atoms with Gasteiger partial charge in [-0.15, -0.1) is 0 Å². The van der Waals surface area contributed by atoms with Crippen molar-refractivity contribution in [2.75, 3.05) is 26.3 Å². The van der Waals surface area contributed by atoms with Gasteiger partial charge in [0.25, 0.3) is 29.5 Å². The Labute approximate surface area is 258 Å². The fourth-order valence-corrected chi connectivity index (χ4v) is 5.90. The summed E-state index contributed by atoms with van der Waals surface area (Å²) in [5.74, 6) is -12.0. The van der Waals surface area contributed by atoms with Crippen LogP contribution in [0.3, 0.4) is 0 Å². The highest BCUT2D eigenvalue weighted by Gasteiger charge is 2.75. The maximum absolute atomic E-state index is 15.6. The number of amides is 3. The Bertz CT molecular complexity index is 1600. The minimum Gasteiger partial charge on any atom is -0.500 e. The summed E-state index contributed by atoms with van der Waals surface area (Å²) >= 11 is 0. The fraction of sp³-hybridized carbons (Fsp3) is 0.400. The molecule has 236 valence electrons. The Hall–Kier alpha value is -3.32. The second-order valence-corrected chi connectivity index (χ2v) is 12.1. The molecule has 8 N–H and O–H groups in total. The molecule has 3 aliphatic rings. The van der Waals surface area contributed by atoms with Gasteiger partial charge in [0.05, 0.1) is 29.7 Å². The number of halogens is 1. The predicted octanol–water partition coefficient (Wildman–Crippen LogP) is -7.75. The third-order valence-electron chi connectivity index (χ3n) is 8.87. The number of hydrogen-bond donors (Lipinski definition) is 8. The van der Waals surface area contributed by atoms with E-state index in [1.807, 2.05) is 0 Å². The number of imide groups is 1. The molecule has 45 heavy (non-hydrogen) atoms. The first-order valence-electron chi connectivity index (χ1n) is 13.9. The minimum atomic E-state index is -3.62. The van der Waals surface area contributed by atoms with E-state index in [0.717, 1.165) is 20.0 Å². The van der Waals surface area contributed by atoms with Crippen molar-refractivity contribution in [3.05, 3.63) is 64.5 Å². The minimum absolute atomic E-state index is 0.118. The molecule has 3 aliphatic heterocycles. The van der Waals surface area contributed by atoms with Crippen LogP contribution >= 0.6 is 0 Å². The Morgan fingerprint density at radius 3 is 2.18 bits per heavy atom. The van der Waals surface area contributed by atoms with E-state index >= 15 is 4.39 Å². The van der Waals surface area contributed by atoms with Gasteiger partial charge >= 0.3 is 0 Å². The van der Waals surface area contributed by atoms with Crippen LogP contribution in [0.1, 0.15) is 27.0 Å². The highest BCUT2D eigenvalue weighted by molar-refractivity contribution is 6.40. The van der Waals surface area contributed by atoms with Crippen molar-refractivity contribution in [1.29, 1.82) is 0 Å². The number of benzene rings is 2. The fourth-order valence-electron chi connectivity index (χ4n) is 5.90. The number of carbonyl (C=O) groups is 3. The van der Waals surface area contributed by atoms with Crippen molar-refractivity contribution in [3.63, 3.8) is 0 Å². The summed E-state index contributed by atoms with van der Waals surface area (Å²) in [6.07, 6.45) is 0. The molecule has 20 heteroatoms. The first-order chi connectivity index (χ1) is 20.6. The lowest BCUT2D eigenvalue weighted by molar-refractivity contribution is -0.331. The quantitative estimate of drug-likeness (QED) is 0.0847. The molecule has 2 aromatic carbocycles. The monoisotopic (exact) mass is 627 g/mol. The topological polar surface area (TPSA) is 230 Å². The lowest BCUT2D eigenvalue weighted by Crippen LogP contribution is -2.87. The lowest BCUT2D eigenvalue weighted by atomic mass is 9.51. The molecule has 2 fully saturated rings. The maximum Gasteiger partial charge on any atom is 0.284 e. The molecule has 2 saturated heterocycles. The Kier molecular flexibility index (Phi) is 7.60. The zero-order valence-corrected chi connectivity index (χ0v) is 24.7. The molecule has 3 unspecified atom stereocenters. The first kappa shape index (κ1) is 33.1. The van der Waals surface area contributed by atoms with Gasteiger partial charge in [-0.3, -0.25) is 19.7 Å². The van der Waals surface area contributed by atoms with Gasteiger partial charge in [0, 0.05) is 24.2 Å². The van der Waals surface area contributed by atoms with Crippen molar-refractivity contribution in [2.24, 2.45) is 0 Å². The highest BCUT2D eigenvalue weighted by atomic mass is 19.1. The number of morpholine rings is 1. The van der Waals surface area contributed by atoms with Gasteiger partial charge in [-0.1, -0.05) is 18.2 Å². The van der Waals surface area contributed by atoms with Crippen LogP contribution in [0.15, 0.2) is 36.4 Å². The number of hydrogen-bond acceptors (Lipinski definition) is 13. The van der Waals surface area contributed by atoms with Gasteiger partial charge in [0.15, 0.2) is 31.4 Å². The molecule has 3 amide bonds. The molecule has 0 bridgehead atoms. The molecule has 5 rings (SSSR count). The van der Waals surface area contributed by atoms with Gasteiger partial charge < -0.3 is 45.2 Å². The smallest absolute Gasteiger partial charge is 0.284 e. The summed E-state index contributed by atoms with van der Waals surface area (Å²) in [7, 11) is 4.21. The summed E-state index contributed by atoms with van der Waals surface area (Å²) in [5.41, 5.74) is -11.2. The average Bonchev–Trinajstić information content (AvgIpc) is 3.17. The van der Waals surface area contributed by atoms with Gasteiger partial charge in [0.1, 0.15) is 22.6 Å². The van der Waals surface area contributed by atoms with Crippen LogP contribution in [0.25, 0.3) is 0 Å². The molecular formula is C25H30B4FN3O12. The maximum atomic E-state index is 15.6. The average molecular weight is 627 g/mol. The molecule has 2 aromatic rings. The van der Waals surface area contributed by atoms with E-state index in [2.05, 4.69) is 0 Å². The summed E-state index contributed by atoms with van der Waals surface area (Å²) in [6, 6.07) is 6.98. The van der Waals surface area contributed by atoms with E-state index in [-0.39, 0.29) is 42.3 Å². The van der Waals surface area contributed by atoms with Crippen molar-refractivity contribution >= 4 is 49.1 Å². The predicted molar refractivity (Wildman–Crippen MR) is 158 cm³/mol. The van der Waals surface area contributed by atoms with Crippen molar-refractivity contribution in [3.8, 4) is 5.75 Å². The SMILES string of the molecule is BC(B)(Oc1cccc2c1C(O)(O)N(C1(O)C(=O)NC(=O)C(B)(O)C1(B)O)C2=O)c1ccc(C(O)(O)N2CCOCC2)cc1F. The molecule has 0 spiro atoms. The van der Waals surface area contributed by atoms with Crippen LogP contribution < -0.4 is 10.1 Å². The number of piperidine rings is 1. The summed E-state index contributed by atoms with van der Waals surface area (Å²) in [6.45, 7) is 0.869. The number of nitrogens with zero attached hydrogens (tertiary/aromatic N) is 2. The highest BCUT2D eigenvalue weighted by Crippen LogP contribution is 2.49.